The first-order chi connectivity index (χ1) is 10.1. The van der Waals surface area contributed by atoms with Gasteiger partial charge in [0.2, 0.25) is 0 Å². The van der Waals surface area contributed by atoms with Crippen LogP contribution in [0.2, 0.25) is 0 Å². The highest BCUT2D eigenvalue weighted by Crippen LogP contribution is 2.26. The number of nitrogens with two attached hydrogens (primary N) is 1. The van der Waals surface area contributed by atoms with Crippen LogP contribution < -0.4 is 10.6 Å². The summed E-state index contributed by atoms with van der Waals surface area (Å²) in [6, 6.07) is 3.19. The van der Waals surface area contributed by atoms with Crippen molar-refractivity contribution in [1.29, 1.82) is 0 Å². The van der Waals surface area contributed by atoms with Crippen LogP contribution in [0.4, 0.5) is 5.82 Å². The van der Waals surface area contributed by atoms with E-state index in [4.69, 9.17) is 10.7 Å². The standard InChI is InChI=1S/C17H28N4/c1-13-9-15(10-14(2)18)11-19-17(13)21-8-5-16(12-21)20-6-3-4-7-20/h9,11,14,16H,3-8,10,12,18H2,1-2H3. The number of rotatable bonds is 4. The third-order valence-corrected chi connectivity index (χ3v) is 4.78. The molecule has 0 radical (unpaired) electrons. The van der Waals surface area contributed by atoms with E-state index in [-0.39, 0.29) is 6.04 Å². The van der Waals surface area contributed by atoms with Crippen molar-refractivity contribution in [3.63, 3.8) is 0 Å². The highest BCUT2D eigenvalue weighted by Gasteiger charge is 2.30. The number of aryl methyl sites for hydroxylation is 1. The van der Waals surface area contributed by atoms with Gasteiger partial charge in [0.15, 0.2) is 0 Å². The molecule has 2 atom stereocenters. The number of pyridine rings is 1. The molecule has 0 saturated carbocycles. The molecule has 0 amide bonds. The van der Waals surface area contributed by atoms with E-state index in [0.717, 1.165) is 25.6 Å². The second-order valence-corrected chi connectivity index (χ2v) is 6.80. The normalized spacial score (nSPS) is 24.7. The number of aromatic nitrogens is 1. The zero-order chi connectivity index (χ0) is 14.8. The van der Waals surface area contributed by atoms with Crippen molar-refractivity contribution in [2.45, 2.75) is 51.6 Å². The number of nitrogens with zero attached hydrogens (tertiary/aromatic N) is 3. The summed E-state index contributed by atoms with van der Waals surface area (Å²) in [4.78, 5) is 9.86. The van der Waals surface area contributed by atoms with E-state index in [1.165, 1.54) is 49.3 Å². The Kier molecular flexibility index (Phi) is 4.45. The summed E-state index contributed by atoms with van der Waals surface area (Å²) in [7, 11) is 0. The Hall–Kier alpha value is -1.13. The van der Waals surface area contributed by atoms with Gasteiger partial charge >= 0.3 is 0 Å². The van der Waals surface area contributed by atoms with Gasteiger partial charge < -0.3 is 10.6 Å². The fourth-order valence-corrected chi connectivity index (χ4v) is 3.78. The molecule has 2 aliphatic heterocycles. The number of hydrogen-bond acceptors (Lipinski definition) is 4. The Morgan fingerprint density at radius 2 is 2.10 bits per heavy atom. The van der Waals surface area contributed by atoms with Crippen LogP contribution in [0.1, 0.15) is 37.3 Å². The van der Waals surface area contributed by atoms with Gasteiger partial charge in [-0.3, -0.25) is 4.90 Å². The summed E-state index contributed by atoms with van der Waals surface area (Å²) < 4.78 is 0. The zero-order valence-corrected chi connectivity index (χ0v) is 13.4. The van der Waals surface area contributed by atoms with Crippen molar-refractivity contribution in [3.8, 4) is 0 Å². The van der Waals surface area contributed by atoms with Crippen molar-refractivity contribution in [2.24, 2.45) is 5.73 Å². The van der Waals surface area contributed by atoms with Crippen LogP contribution in [0.15, 0.2) is 12.3 Å². The van der Waals surface area contributed by atoms with Gasteiger partial charge in [0.05, 0.1) is 0 Å². The van der Waals surface area contributed by atoms with Crippen LogP contribution in [-0.4, -0.2) is 48.1 Å². The molecule has 2 N–H and O–H groups in total. The molecule has 1 aromatic rings. The van der Waals surface area contributed by atoms with E-state index in [0.29, 0.717) is 0 Å². The Labute approximate surface area is 128 Å². The van der Waals surface area contributed by atoms with Gasteiger partial charge in [0.25, 0.3) is 0 Å². The van der Waals surface area contributed by atoms with Crippen molar-refractivity contribution in [1.82, 2.24) is 9.88 Å². The van der Waals surface area contributed by atoms with Gasteiger partial charge in [-0.1, -0.05) is 6.07 Å². The molecule has 0 aromatic carbocycles. The lowest BCUT2D eigenvalue weighted by Crippen LogP contribution is -2.35. The average Bonchev–Trinajstić information content (AvgIpc) is 3.09. The number of anilines is 1. The molecule has 3 rings (SSSR count). The van der Waals surface area contributed by atoms with Gasteiger partial charge in [-0.15, -0.1) is 0 Å². The third-order valence-electron chi connectivity index (χ3n) is 4.78. The Morgan fingerprint density at radius 1 is 1.33 bits per heavy atom. The quantitative estimate of drug-likeness (QED) is 0.920. The molecule has 4 nitrogen and oxygen atoms in total. The van der Waals surface area contributed by atoms with E-state index in [2.05, 4.69) is 22.8 Å². The number of hydrogen-bond donors (Lipinski definition) is 1. The topological polar surface area (TPSA) is 45.4 Å². The van der Waals surface area contributed by atoms with E-state index < -0.39 is 0 Å². The van der Waals surface area contributed by atoms with Crippen molar-refractivity contribution in [3.05, 3.63) is 23.4 Å². The first kappa shape index (κ1) is 14.8. The lowest BCUT2D eigenvalue weighted by molar-refractivity contribution is 0.260. The lowest BCUT2D eigenvalue weighted by atomic mass is 10.1. The van der Waals surface area contributed by atoms with E-state index in [1.54, 1.807) is 0 Å². The second kappa shape index (κ2) is 6.32. The maximum Gasteiger partial charge on any atom is 0.131 e. The van der Waals surface area contributed by atoms with E-state index >= 15 is 0 Å². The Morgan fingerprint density at radius 3 is 2.76 bits per heavy atom. The lowest BCUT2D eigenvalue weighted by Gasteiger charge is -2.25. The van der Waals surface area contributed by atoms with Gasteiger partial charge in [-0.05, 0) is 63.7 Å². The second-order valence-electron chi connectivity index (χ2n) is 6.80. The zero-order valence-electron chi connectivity index (χ0n) is 13.4. The predicted octanol–water partition coefficient (Wildman–Crippen LogP) is 1.95. The molecule has 2 fully saturated rings. The molecule has 2 saturated heterocycles. The predicted molar refractivity (Wildman–Crippen MR) is 87.8 cm³/mol. The molecule has 21 heavy (non-hydrogen) atoms. The van der Waals surface area contributed by atoms with Gasteiger partial charge in [0, 0.05) is 31.4 Å². The van der Waals surface area contributed by atoms with Gasteiger partial charge in [-0.2, -0.15) is 0 Å². The van der Waals surface area contributed by atoms with E-state index in [9.17, 15) is 0 Å². The largest absolute Gasteiger partial charge is 0.355 e. The van der Waals surface area contributed by atoms with Crippen molar-refractivity contribution >= 4 is 5.82 Å². The van der Waals surface area contributed by atoms with Gasteiger partial charge in [-0.25, -0.2) is 4.98 Å². The minimum Gasteiger partial charge on any atom is -0.355 e. The Balaban J connectivity index is 1.67. The molecule has 2 unspecified atom stereocenters. The summed E-state index contributed by atoms with van der Waals surface area (Å²) in [5, 5.41) is 0. The summed E-state index contributed by atoms with van der Waals surface area (Å²) in [5.41, 5.74) is 8.42. The summed E-state index contributed by atoms with van der Waals surface area (Å²) in [6.45, 7) is 9.08. The minimum absolute atomic E-state index is 0.198. The van der Waals surface area contributed by atoms with Crippen molar-refractivity contribution in [2.75, 3.05) is 31.1 Å². The molecule has 116 valence electrons. The molecule has 3 heterocycles. The fourth-order valence-electron chi connectivity index (χ4n) is 3.78. The SMILES string of the molecule is Cc1cc(CC(C)N)cnc1N1CCC(N2CCCC2)C1. The van der Waals surface area contributed by atoms with Crippen LogP contribution in [0.5, 0.6) is 0 Å². The van der Waals surface area contributed by atoms with Crippen LogP contribution in [-0.2, 0) is 6.42 Å². The first-order valence-electron chi connectivity index (χ1n) is 8.33. The molecule has 0 bridgehead atoms. The Bertz CT molecular complexity index is 480. The number of likely N-dealkylation sites (tertiary alicyclic amines) is 1. The third kappa shape index (κ3) is 3.38. The maximum atomic E-state index is 5.88. The summed E-state index contributed by atoms with van der Waals surface area (Å²) in [5.74, 6) is 1.17. The highest BCUT2D eigenvalue weighted by atomic mass is 15.3. The van der Waals surface area contributed by atoms with Crippen LogP contribution in [0, 0.1) is 6.92 Å². The summed E-state index contributed by atoms with van der Waals surface area (Å²) in [6.07, 6.45) is 6.95. The molecule has 0 aliphatic carbocycles. The van der Waals surface area contributed by atoms with Crippen LogP contribution in [0.25, 0.3) is 0 Å². The monoisotopic (exact) mass is 288 g/mol. The highest BCUT2D eigenvalue weighted by molar-refractivity contribution is 5.48. The van der Waals surface area contributed by atoms with Crippen molar-refractivity contribution < 1.29 is 0 Å². The van der Waals surface area contributed by atoms with E-state index in [1.807, 2.05) is 13.1 Å². The van der Waals surface area contributed by atoms with Gasteiger partial charge in [0.1, 0.15) is 5.82 Å². The molecule has 2 aliphatic rings. The molecule has 4 heteroatoms. The van der Waals surface area contributed by atoms with Crippen LogP contribution >= 0.6 is 0 Å². The molecular weight excluding hydrogens is 260 g/mol. The summed E-state index contributed by atoms with van der Waals surface area (Å²) >= 11 is 0. The molecule has 0 spiro atoms. The molecular formula is C17H28N4. The minimum atomic E-state index is 0.198. The smallest absolute Gasteiger partial charge is 0.131 e. The average molecular weight is 288 g/mol. The fraction of sp³-hybridized carbons (Fsp3) is 0.706. The first-order valence-corrected chi connectivity index (χ1v) is 8.33. The van der Waals surface area contributed by atoms with Crippen LogP contribution in [0.3, 0.4) is 0 Å². The molecule has 1 aromatic heterocycles. The maximum absolute atomic E-state index is 5.88.